The average molecular weight is 449 g/mol. The average Bonchev–Trinajstić information content (AvgIpc) is 3.48. The summed E-state index contributed by atoms with van der Waals surface area (Å²) in [5.41, 5.74) is 2.89. The van der Waals surface area contributed by atoms with Gasteiger partial charge < -0.3 is 5.32 Å². The van der Waals surface area contributed by atoms with E-state index in [4.69, 9.17) is 0 Å². The van der Waals surface area contributed by atoms with Crippen molar-refractivity contribution >= 4 is 33.1 Å². The van der Waals surface area contributed by atoms with Gasteiger partial charge in [0.15, 0.2) is 5.82 Å². The van der Waals surface area contributed by atoms with Gasteiger partial charge in [0.25, 0.3) is 5.91 Å². The molecule has 160 valence electrons. The zero-order chi connectivity index (χ0) is 22.2. The summed E-state index contributed by atoms with van der Waals surface area (Å²) in [7, 11) is 0. The first-order valence-electron chi connectivity index (χ1n) is 9.65. The van der Waals surface area contributed by atoms with Crippen LogP contribution in [-0.2, 0) is 6.54 Å². The van der Waals surface area contributed by atoms with Crippen LogP contribution in [0, 0.1) is 12.7 Å². The van der Waals surface area contributed by atoms with Crippen molar-refractivity contribution in [3.8, 4) is 11.4 Å². The van der Waals surface area contributed by atoms with Gasteiger partial charge in [-0.1, -0.05) is 29.4 Å². The van der Waals surface area contributed by atoms with Crippen molar-refractivity contribution in [3.63, 3.8) is 0 Å². The smallest absolute Gasteiger partial charge is 0.321 e. The predicted molar refractivity (Wildman–Crippen MR) is 118 cm³/mol. The van der Waals surface area contributed by atoms with Gasteiger partial charge in [-0.2, -0.15) is 5.10 Å². The number of aromatic nitrogens is 4. The molecule has 3 aromatic heterocycles. The number of aryl methyl sites for hydroxylation is 1. The highest BCUT2D eigenvalue weighted by atomic mass is 32.1. The van der Waals surface area contributed by atoms with Gasteiger partial charge in [-0.05, 0) is 42.8 Å². The molecule has 0 atom stereocenters. The van der Waals surface area contributed by atoms with E-state index in [2.05, 4.69) is 25.1 Å². The van der Waals surface area contributed by atoms with Crippen LogP contribution in [0.25, 0.3) is 21.6 Å². The number of hydrogen-bond donors (Lipinski definition) is 2. The number of fused-ring (bicyclic) bond motifs is 1. The molecule has 0 bridgehead atoms. The Morgan fingerprint density at radius 3 is 2.78 bits per heavy atom. The zero-order valence-electron chi connectivity index (χ0n) is 16.8. The molecule has 0 fully saturated rings. The minimum Gasteiger partial charge on any atom is -0.321 e. The van der Waals surface area contributed by atoms with Crippen LogP contribution in [0.15, 0.2) is 63.9 Å². The van der Waals surface area contributed by atoms with Gasteiger partial charge >= 0.3 is 5.76 Å². The summed E-state index contributed by atoms with van der Waals surface area (Å²) in [4.78, 5) is 27.9. The number of H-pyrrole nitrogens is 1. The van der Waals surface area contributed by atoms with Crippen molar-refractivity contribution in [1.29, 1.82) is 0 Å². The molecule has 5 aromatic rings. The monoisotopic (exact) mass is 449 g/mol. The maximum atomic E-state index is 13.2. The minimum absolute atomic E-state index is 0.260. The molecule has 10 heteroatoms. The third-order valence-electron chi connectivity index (χ3n) is 4.91. The normalized spacial score (nSPS) is 11.2. The standard InChI is InChI=1S/C22H16FN5O3S/c1-12-17-10-18(32-21(17)28(26-12)11-13-5-7-15(23)8-6-13)20(29)24-16-4-2-3-14(9-16)19-25-22(30)31-27-19/h2-10H,11H2,1H3,(H,24,29)(H,25,27,30). The summed E-state index contributed by atoms with van der Waals surface area (Å²) >= 11 is 1.34. The summed E-state index contributed by atoms with van der Waals surface area (Å²) in [6, 6.07) is 15.0. The quantitative estimate of drug-likeness (QED) is 0.419. The number of nitrogens with zero attached hydrogens (tertiary/aromatic N) is 3. The van der Waals surface area contributed by atoms with Crippen LogP contribution in [-0.4, -0.2) is 25.8 Å². The van der Waals surface area contributed by atoms with E-state index in [9.17, 15) is 14.0 Å². The molecule has 2 N–H and O–H groups in total. The van der Waals surface area contributed by atoms with Gasteiger partial charge in [0.2, 0.25) is 0 Å². The molecule has 0 aliphatic rings. The molecular weight excluding hydrogens is 433 g/mol. The molecule has 0 aliphatic carbocycles. The largest absolute Gasteiger partial charge is 0.439 e. The summed E-state index contributed by atoms with van der Waals surface area (Å²) in [5.74, 6) is -0.913. The van der Waals surface area contributed by atoms with Crippen molar-refractivity contribution < 1.29 is 13.7 Å². The number of carbonyl (C=O) groups is 1. The summed E-state index contributed by atoms with van der Waals surface area (Å²) in [6.07, 6.45) is 0. The highest BCUT2D eigenvalue weighted by Crippen LogP contribution is 2.30. The van der Waals surface area contributed by atoms with E-state index in [1.54, 1.807) is 36.4 Å². The first-order chi connectivity index (χ1) is 15.5. The lowest BCUT2D eigenvalue weighted by Gasteiger charge is -2.05. The SMILES string of the molecule is Cc1nn(Cc2ccc(F)cc2)c2sc(C(=O)Nc3cccc(-c4noc(=O)[nH]4)c3)cc12. The van der Waals surface area contributed by atoms with Crippen LogP contribution in [0.2, 0.25) is 0 Å². The van der Waals surface area contributed by atoms with Gasteiger partial charge in [0, 0.05) is 16.6 Å². The van der Waals surface area contributed by atoms with Crippen LogP contribution in [0.4, 0.5) is 10.1 Å². The van der Waals surface area contributed by atoms with Crippen LogP contribution in [0.3, 0.4) is 0 Å². The van der Waals surface area contributed by atoms with Crippen molar-refractivity contribution in [2.75, 3.05) is 5.32 Å². The molecule has 0 radical (unpaired) electrons. The molecule has 3 heterocycles. The third-order valence-corrected chi connectivity index (χ3v) is 6.06. The van der Waals surface area contributed by atoms with Crippen molar-refractivity contribution in [3.05, 3.63) is 87.1 Å². The number of hydrogen-bond acceptors (Lipinski definition) is 6. The van der Waals surface area contributed by atoms with Gasteiger partial charge in [0.1, 0.15) is 10.6 Å². The van der Waals surface area contributed by atoms with Crippen LogP contribution < -0.4 is 11.1 Å². The van der Waals surface area contributed by atoms with E-state index in [1.165, 1.54) is 23.5 Å². The number of benzene rings is 2. The summed E-state index contributed by atoms with van der Waals surface area (Å²) in [6.45, 7) is 2.37. The highest BCUT2D eigenvalue weighted by Gasteiger charge is 2.17. The maximum absolute atomic E-state index is 13.2. The minimum atomic E-state index is -0.648. The Hall–Kier alpha value is -4.05. The Balaban J connectivity index is 1.39. The van der Waals surface area contributed by atoms with Gasteiger partial charge in [0.05, 0.1) is 17.1 Å². The number of rotatable bonds is 5. The Morgan fingerprint density at radius 2 is 2.03 bits per heavy atom. The molecule has 32 heavy (non-hydrogen) atoms. The van der Waals surface area contributed by atoms with E-state index in [0.717, 1.165) is 21.5 Å². The lowest BCUT2D eigenvalue weighted by Crippen LogP contribution is -2.10. The molecular formula is C22H16FN5O3S. The van der Waals surface area contributed by atoms with E-state index in [-0.39, 0.29) is 17.5 Å². The Bertz CT molecular complexity index is 1500. The second-order valence-corrected chi connectivity index (χ2v) is 8.21. The number of anilines is 1. The van der Waals surface area contributed by atoms with E-state index < -0.39 is 5.76 Å². The van der Waals surface area contributed by atoms with E-state index in [0.29, 0.717) is 22.7 Å². The fourth-order valence-corrected chi connectivity index (χ4v) is 4.44. The lowest BCUT2D eigenvalue weighted by atomic mass is 10.2. The Labute approximate surface area is 184 Å². The van der Waals surface area contributed by atoms with Crippen molar-refractivity contribution in [2.24, 2.45) is 0 Å². The van der Waals surface area contributed by atoms with Crippen LogP contribution in [0.5, 0.6) is 0 Å². The molecule has 0 aliphatic heterocycles. The molecule has 2 aromatic carbocycles. The zero-order valence-corrected chi connectivity index (χ0v) is 17.6. The Morgan fingerprint density at radius 1 is 1.22 bits per heavy atom. The molecule has 5 rings (SSSR count). The van der Waals surface area contributed by atoms with Gasteiger partial charge in [-0.15, -0.1) is 11.3 Å². The van der Waals surface area contributed by atoms with Gasteiger partial charge in [-0.3, -0.25) is 19.0 Å². The molecule has 0 saturated heterocycles. The topological polar surface area (TPSA) is 106 Å². The molecule has 1 amide bonds. The van der Waals surface area contributed by atoms with Crippen LogP contribution in [0.1, 0.15) is 20.9 Å². The maximum Gasteiger partial charge on any atom is 0.439 e. The third kappa shape index (κ3) is 3.83. The molecule has 0 saturated carbocycles. The fraction of sp³-hybridized carbons (Fsp3) is 0.0909. The summed E-state index contributed by atoms with van der Waals surface area (Å²) in [5, 5.41) is 12.0. The number of aromatic amines is 1. The Kier molecular flexibility index (Phi) is 4.91. The van der Waals surface area contributed by atoms with E-state index >= 15 is 0 Å². The number of carbonyl (C=O) groups excluding carboxylic acids is 1. The first-order valence-corrected chi connectivity index (χ1v) is 10.5. The number of halogens is 1. The molecule has 0 unspecified atom stereocenters. The highest BCUT2D eigenvalue weighted by molar-refractivity contribution is 7.20. The second kappa shape index (κ2) is 7.89. The second-order valence-electron chi connectivity index (χ2n) is 7.18. The number of nitrogens with one attached hydrogen (secondary N) is 2. The first kappa shape index (κ1) is 19.9. The van der Waals surface area contributed by atoms with Crippen LogP contribution >= 0.6 is 11.3 Å². The van der Waals surface area contributed by atoms with Crippen molar-refractivity contribution in [2.45, 2.75) is 13.5 Å². The molecule has 0 spiro atoms. The number of amides is 1. The predicted octanol–water partition coefficient (Wildman–Crippen LogP) is 4.19. The van der Waals surface area contributed by atoms with E-state index in [1.807, 2.05) is 17.7 Å². The molecule has 8 nitrogen and oxygen atoms in total. The summed E-state index contributed by atoms with van der Waals surface area (Å²) < 4.78 is 19.5. The van der Waals surface area contributed by atoms with Crippen molar-refractivity contribution in [1.82, 2.24) is 19.9 Å². The number of thiophene rings is 1. The fourth-order valence-electron chi connectivity index (χ4n) is 3.39. The lowest BCUT2D eigenvalue weighted by molar-refractivity contribution is 0.103. The van der Waals surface area contributed by atoms with Gasteiger partial charge in [-0.25, -0.2) is 9.18 Å².